The smallest absolute Gasteiger partial charge is 0.318 e. The van der Waals surface area contributed by atoms with Gasteiger partial charge in [0.15, 0.2) is 11.6 Å². The van der Waals surface area contributed by atoms with Gasteiger partial charge in [0.1, 0.15) is 17.0 Å². The maximum atomic E-state index is 16.3. The molecule has 0 N–H and O–H groups in total. The zero-order valence-electron chi connectivity index (χ0n) is 23.5. The Morgan fingerprint density at radius 3 is 2.63 bits per heavy atom. The third-order valence-electron chi connectivity index (χ3n) is 7.49. The Bertz CT molecular complexity index is 1930. The van der Waals surface area contributed by atoms with E-state index in [4.69, 9.17) is 11.2 Å². The van der Waals surface area contributed by atoms with Crippen molar-refractivity contribution in [3.63, 3.8) is 0 Å². The van der Waals surface area contributed by atoms with Crippen molar-refractivity contribution >= 4 is 39.5 Å². The molecule has 10 heteroatoms. The molecule has 214 valence electrons. The lowest BCUT2D eigenvalue weighted by Gasteiger charge is -2.40. The Morgan fingerprint density at radius 2 is 1.91 bits per heavy atom. The lowest BCUT2D eigenvalue weighted by Crippen LogP contribution is -2.54. The van der Waals surface area contributed by atoms with Gasteiger partial charge in [-0.05, 0) is 30.5 Å². The number of anilines is 1. The molecular weight excluding hydrogens is 550 g/mol. The second kappa shape index (κ2) is 11.4. The lowest BCUT2D eigenvalue weighted by molar-refractivity contribution is -0.129. The largest absolute Gasteiger partial charge is 0.467 e. The topological polar surface area (TPSA) is 84.3 Å². The molecule has 1 unspecified atom stereocenters. The highest BCUT2D eigenvalue weighted by Crippen LogP contribution is 2.36. The summed E-state index contributed by atoms with van der Waals surface area (Å²) in [6.45, 7) is 2.64. The fourth-order valence-electron chi connectivity index (χ4n) is 5.44. The summed E-state index contributed by atoms with van der Waals surface area (Å²) < 4.78 is 36.5. The summed E-state index contributed by atoms with van der Waals surface area (Å²) in [7, 11) is 1.41. The van der Waals surface area contributed by atoms with Crippen molar-refractivity contribution in [2.24, 2.45) is 0 Å². The third kappa shape index (κ3) is 5.10. The summed E-state index contributed by atoms with van der Waals surface area (Å²) in [5, 5.41) is 1.97. The summed E-state index contributed by atoms with van der Waals surface area (Å²) in [5.74, 6) is 0.837. The molecule has 3 aromatic heterocycles. The van der Waals surface area contributed by atoms with Gasteiger partial charge in [-0.1, -0.05) is 42.3 Å². The molecular formula is C33H26F2N6O2. The summed E-state index contributed by atoms with van der Waals surface area (Å²) >= 11 is 0. The summed E-state index contributed by atoms with van der Waals surface area (Å²) in [6.07, 6.45) is 9.96. The van der Waals surface area contributed by atoms with Crippen LogP contribution in [0, 0.1) is 18.2 Å². The van der Waals surface area contributed by atoms with Crippen molar-refractivity contribution in [2.75, 3.05) is 31.6 Å². The molecule has 43 heavy (non-hydrogen) atoms. The van der Waals surface area contributed by atoms with Crippen LogP contribution in [0.1, 0.15) is 18.2 Å². The number of hydrogen-bond donors (Lipinski definition) is 0. The van der Waals surface area contributed by atoms with Crippen LogP contribution in [-0.4, -0.2) is 63.5 Å². The SMILES string of the molecule is C#Cc1cccc2cccc(-c3ncc4c(N5CCN(C(=O)/C(F)=C/c6ccccn6)CC5C)nc(OC)nc4c3F)c12. The first-order valence-electron chi connectivity index (χ1n) is 13.6. The van der Waals surface area contributed by atoms with E-state index in [0.717, 1.165) is 16.8 Å². The molecule has 1 atom stereocenters. The van der Waals surface area contributed by atoms with Crippen molar-refractivity contribution in [1.82, 2.24) is 24.8 Å². The number of carbonyl (C=O) groups excluding carboxylic acids is 1. The molecule has 4 heterocycles. The van der Waals surface area contributed by atoms with Gasteiger partial charge in [-0.25, -0.2) is 8.78 Å². The van der Waals surface area contributed by atoms with Gasteiger partial charge in [0.25, 0.3) is 5.91 Å². The highest BCUT2D eigenvalue weighted by molar-refractivity contribution is 6.02. The van der Waals surface area contributed by atoms with Crippen LogP contribution in [0.3, 0.4) is 0 Å². The molecule has 6 rings (SSSR count). The number of benzene rings is 2. The number of fused-ring (bicyclic) bond motifs is 2. The maximum absolute atomic E-state index is 16.3. The number of methoxy groups -OCH3 is 1. The Labute approximate surface area is 246 Å². The Hall–Kier alpha value is -5.43. The molecule has 1 aliphatic rings. The van der Waals surface area contributed by atoms with Crippen LogP contribution in [-0.2, 0) is 4.79 Å². The number of amides is 1. The van der Waals surface area contributed by atoms with Gasteiger partial charge in [-0.2, -0.15) is 9.97 Å². The van der Waals surface area contributed by atoms with E-state index in [-0.39, 0.29) is 36.4 Å². The van der Waals surface area contributed by atoms with E-state index in [2.05, 4.69) is 25.9 Å². The number of terminal acetylenes is 1. The molecule has 1 saturated heterocycles. The van der Waals surface area contributed by atoms with Gasteiger partial charge in [0.05, 0.1) is 18.2 Å². The van der Waals surface area contributed by atoms with Crippen LogP contribution in [0.5, 0.6) is 6.01 Å². The quantitative estimate of drug-likeness (QED) is 0.204. The van der Waals surface area contributed by atoms with Crippen molar-refractivity contribution < 1.29 is 18.3 Å². The number of aromatic nitrogens is 4. The first-order valence-corrected chi connectivity index (χ1v) is 13.6. The summed E-state index contributed by atoms with van der Waals surface area (Å²) in [5.41, 5.74) is 1.67. The molecule has 0 bridgehead atoms. The minimum atomic E-state index is -0.895. The van der Waals surface area contributed by atoms with Crippen LogP contribution < -0.4 is 9.64 Å². The van der Waals surface area contributed by atoms with E-state index in [1.807, 2.05) is 36.1 Å². The second-order valence-electron chi connectivity index (χ2n) is 10.1. The fraction of sp³-hybridized carbons (Fsp3) is 0.182. The van der Waals surface area contributed by atoms with Gasteiger partial charge in [-0.3, -0.25) is 14.8 Å². The van der Waals surface area contributed by atoms with Crippen molar-refractivity contribution in [3.05, 3.63) is 89.9 Å². The van der Waals surface area contributed by atoms with E-state index >= 15 is 4.39 Å². The molecule has 0 spiro atoms. The summed E-state index contributed by atoms with van der Waals surface area (Å²) in [6, 6.07) is 15.8. The number of piperazine rings is 1. The van der Waals surface area contributed by atoms with Crippen molar-refractivity contribution in [1.29, 1.82) is 0 Å². The van der Waals surface area contributed by atoms with Gasteiger partial charge in [0.2, 0.25) is 0 Å². The average Bonchev–Trinajstić information content (AvgIpc) is 3.04. The van der Waals surface area contributed by atoms with Crippen molar-refractivity contribution in [2.45, 2.75) is 13.0 Å². The summed E-state index contributed by atoms with van der Waals surface area (Å²) in [4.78, 5) is 33.7. The highest BCUT2D eigenvalue weighted by atomic mass is 19.1. The number of hydrogen-bond acceptors (Lipinski definition) is 7. The van der Waals surface area contributed by atoms with E-state index < -0.39 is 17.6 Å². The van der Waals surface area contributed by atoms with Gasteiger partial charge < -0.3 is 14.5 Å². The van der Waals surface area contributed by atoms with Gasteiger partial charge in [0, 0.05) is 60.7 Å². The monoisotopic (exact) mass is 576 g/mol. The molecule has 1 aliphatic heterocycles. The van der Waals surface area contributed by atoms with Crippen LogP contribution in [0.4, 0.5) is 14.6 Å². The fourth-order valence-corrected chi connectivity index (χ4v) is 5.44. The predicted octanol–water partition coefficient (Wildman–Crippen LogP) is 5.42. The molecule has 0 saturated carbocycles. The number of nitrogens with zero attached hydrogens (tertiary/aromatic N) is 6. The molecule has 0 aliphatic carbocycles. The Kier molecular flexibility index (Phi) is 7.38. The van der Waals surface area contributed by atoms with Gasteiger partial charge in [-0.15, -0.1) is 6.42 Å². The Balaban J connectivity index is 1.36. The molecule has 0 radical (unpaired) electrons. The van der Waals surface area contributed by atoms with Crippen LogP contribution in [0.15, 0.2) is 72.8 Å². The average molecular weight is 577 g/mol. The maximum Gasteiger partial charge on any atom is 0.318 e. The van der Waals surface area contributed by atoms with E-state index in [9.17, 15) is 9.18 Å². The number of carbonyl (C=O) groups is 1. The van der Waals surface area contributed by atoms with Gasteiger partial charge >= 0.3 is 6.01 Å². The third-order valence-corrected chi connectivity index (χ3v) is 7.49. The standard InChI is InChI=1S/C33H26F2N6O2/c1-4-21-9-7-10-22-11-8-13-24(27(21)22)29-28(35)30-25(18-37-29)31(39-33(38-30)43-3)41-16-15-40(19-20(41)2)32(42)26(34)17-23-12-5-6-14-36-23/h1,5-14,17-18,20H,15-16,19H2,2-3H3/b26-17-. The normalized spacial score (nSPS) is 15.5. The number of halogens is 2. The molecule has 8 nitrogen and oxygen atoms in total. The van der Waals surface area contributed by atoms with Crippen LogP contribution in [0.25, 0.3) is 39.0 Å². The zero-order valence-corrected chi connectivity index (χ0v) is 23.5. The molecule has 2 aromatic carbocycles. The highest BCUT2D eigenvalue weighted by Gasteiger charge is 2.31. The lowest BCUT2D eigenvalue weighted by atomic mass is 9.97. The molecule has 1 fully saturated rings. The zero-order chi connectivity index (χ0) is 30.1. The van der Waals surface area contributed by atoms with Crippen molar-refractivity contribution in [3.8, 4) is 29.6 Å². The minimum Gasteiger partial charge on any atom is -0.467 e. The molecule has 1 amide bonds. The predicted molar refractivity (Wildman–Crippen MR) is 161 cm³/mol. The van der Waals surface area contributed by atoms with Crippen LogP contribution in [0.2, 0.25) is 0 Å². The number of rotatable bonds is 5. The first kappa shape index (κ1) is 27.7. The van der Waals surface area contributed by atoms with E-state index in [1.54, 1.807) is 36.5 Å². The van der Waals surface area contributed by atoms with E-state index in [1.165, 1.54) is 18.2 Å². The Morgan fingerprint density at radius 1 is 1.09 bits per heavy atom. The second-order valence-corrected chi connectivity index (χ2v) is 10.1. The first-order chi connectivity index (χ1) is 20.9. The van der Waals surface area contributed by atoms with Crippen LogP contribution >= 0.6 is 0 Å². The van der Waals surface area contributed by atoms with E-state index in [0.29, 0.717) is 34.6 Å². The number of pyridine rings is 2. The molecule has 5 aromatic rings. The number of ether oxygens (including phenoxy) is 1. The minimum absolute atomic E-state index is 0.0178.